The molecule has 1 heterocycles. The van der Waals surface area contributed by atoms with Gasteiger partial charge < -0.3 is 15.8 Å². The molecule has 0 spiro atoms. The maximum absolute atomic E-state index is 11.9. The third-order valence-electron chi connectivity index (χ3n) is 3.29. The normalized spacial score (nSPS) is 9.80. The molecule has 0 aliphatic rings. The van der Waals surface area contributed by atoms with Gasteiger partial charge in [0.2, 0.25) is 11.9 Å². The molecule has 1 aromatic heterocycles. The highest BCUT2D eigenvalue weighted by Gasteiger charge is 2.00. The molecule has 130 valence electrons. The third kappa shape index (κ3) is 5.70. The molecule has 0 saturated heterocycles. The van der Waals surface area contributed by atoms with E-state index in [1.807, 2.05) is 0 Å². The Morgan fingerprint density at radius 3 is 2.76 bits per heavy atom. The molecule has 1 aromatic carbocycles. The minimum atomic E-state index is -0.495. The van der Waals surface area contributed by atoms with Gasteiger partial charge in [0, 0.05) is 12.1 Å². The SMILES string of the molecule is CCCCNc1ncc(C#CCOc2ccc(C(N)=O)cc2)c(=O)[nH]1. The van der Waals surface area contributed by atoms with Gasteiger partial charge in [0.05, 0.1) is 6.20 Å². The summed E-state index contributed by atoms with van der Waals surface area (Å²) in [6.45, 7) is 2.95. The van der Waals surface area contributed by atoms with E-state index in [2.05, 4.69) is 34.0 Å². The van der Waals surface area contributed by atoms with Crippen molar-refractivity contribution >= 4 is 11.9 Å². The van der Waals surface area contributed by atoms with E-state index >= 15 is 0 Å². The lowest BCUT2D eigenvalue weighted by Crippen LogP contribution is -2.15. The third-order valence-corrected chi connectivity index (χ3v) is 3.29. The molecule has 0 atom stereocenters. The van der Waals surface area contributed by atoms with E-state index in [4.69, 9.17) is 10.5 Å². The number of ether oxygens (including phenoxy) is 1. The van der Waals surface area contributed by atoms with Crippen molar-refractivity contribution < 1.29 is 9.53 Å². The first kappa shape index (κ1) is 18.1. The van der Waals surface area contributed by atoms with Gasteiger partial charge in [-0.05, 0) is 30.7 Å². The van der Waals surface area contributed by atoms with Crippen LogP contribution in [0, 0.1) is 11.8 Å². The fourth-order valence-electron chi connectivity index (χ4n) is 1.92. The molecule has 4 N–H and O–H groups in total. The van der Waals surface area contributed by atoms with Crippen LogP contribution in [-0.2, 0) is 0 Å². The largest absolute Gasteiger partial charge is 0.481 e. The van der Waals surface area contributed by atoms with E-state index in [0.29, 0.717) is 17.3 Å². The average molecular weight is 340 g/mol. The molecular weight excluding hydrogens is 320 g/mol. The van der Waals surface area contributed by atoms with E-state index in [0.717, 1.165) is 19.4 Å². The summed E-state index contributed by atoms with van der Waals surface area (Å²) in [7, 11) is 0. The summed E-state index contributed by atoms with van der Waals surface area (Å²) < 4.78 is 5.42. The van der Waals surface area contributed by atoms with Crippen molar-refractivity contribution in [1.29, 1.82) is 0 Å². The number of nitrogens with zero attached hydrogens (tertiary/aromatic N) is 1. The molecule has 7 nitrogen and oxygen atoms in total. The number of aromatic amines is 1. The van der Waals surface area contributed by atoms with Crippen molar-refractivity contribution in [3.63, 3.8) is 0 Å². The molecule has 0 aliphatic carbocycles. The number of unbranched alkanes of at least 4 members (excludes halogenated alkanes) is 1. The minimum absolute atomic E-state index is 0.103. The van der Waals surface area contributed by atoms with Crippen molar-refractivity contribution in [3.05, 3.63) is 51.9 Å². The van der Waals surface area contributed by atoms with Gasteiger partial charge in [-0.1, -0.05) is 25.2 Å². The number of benzene rings is 1. The quantitative estimate of drug-likeness (QED) is 0.523. The number of amides is 1. The molecule has 7 heteroatoms. The number of rotatable bonds is 7. The van der Waals surface area contributed by atoms with Gasteiger partial charge in [0.25, 0.3) is 5.56 Å². The first-order valence-electron chi connectivity index (χ1n) is 7.95. The molecule has 0 radical (unpaired) electrons. The molecule has 0 bridgehead atoms. The van der Waals surface area contributed by atoms with Gasteiger partial charge >= 0.3 is 0 Å². The average Bonchev–Trinajstić information content (AvgIpc) is 2.61. The zero-order valence-corrected chi connectivity index (χ0v) is 14.0. The highest BCUT2D eigenvalue weighted by atomic mass is 16.5. The Hall–Kier alpha value is -3.27. The Morgan fingerprint density at radius 1 is 1.36 bits per heavy atom. The molecule has 0 aliphatic heterocycles. The van der Waals surface area contributed by atoms with Crippen LogP contribution in [0.3, 0.4) is 0 Å². The zero-order valence-electron chi connectivity index (χ0n) is 14.0. The van der Waals surface area contributed by atoms with E-state index < -0.39 is 5.91 Å². The van der Waals surface area contributed by atoms with Crippen LogP contribution >= 0.6 is 0 Å². The number of aromatic nitrogens is 2. The summed E-state index contributed by atoms with van der Waals surface area (Å²) in [5, 5.41) is 3.04. The second-order valence-electron chi connectivity index (χ2n) is 5.23. The predicted molar refractivity (Wildman–Crippen MR) is 95.6 cm³/mol. The molecule has 25 heavy (non-hydrogen) atoms. The Kier molecular flexibility index (Phi) is 6.60. The number of hydrogen-bond donors (Lipinski definition) is 3. The lowest BCUT2D eigenvalue weighted by molar-refractivity contribution is 0.100. The van der Waals surface area contributed by atoms with Crippen molar-refractivity contribution in [2.24, 2.45) is 5.73 Å². The summed E-state index contributed by atoms with van der Waals surface area (Å²) in [6, 6.07) is 6.41. The maximum atomic E-state index is 11.9. The van der Waals surface area contributed by atoms with Crippen LogP contribution in [0.1, 0.15) is 35.7 Å². The maximum Gasteiger partial charge on any atom is 0.268 e. The number of primary amides is 1. The highest BCUT2D eigenvalue weighted by Crippen LogP contribution is 2.11. The lowest BCUT2D eigenvalue weighted by atomic mass is 10.2. The number of nitrogens with one attached hydrogen (secondary N) is 2. The van der Waals surface area contributed by atoms with Crippen molar-refractivity contribution in [2.45, 2.75) is 19.8 Å². The Morgan fingerprint density at radius 2 is 2.12 bits per heavy atom. The summed E-state index contributed by atoms with van der Waals surface area (Å²) in [5.41, 5.74) is 5.54. The Balaban J connectivity index is 1.90. The summed E-state index contributed by atoms with van der Waals surface area (Å²) in [5.74, 6) is 5.98. The Bertz CT molecular complexity index is 832. The van der Waals surface area contributed by atoms with Crippen LogP contribution < -0.4 is 21.3 Å². The van der Waals surface area contributed by atoms with E-state index in [9.17, 15) is 9.59 Å². The molecular formula is C18H20N4O3. The van der Waals surface area contributed by atoms with Gasteiger partial charge in [-0.25, -0.2) is 4.98 Å². The number of carbonyl (C=O) groups is 1. The van der Waals surface area contributed by atoms with Gasteiger partial charge in [-0.15, -0.1) is 0 Å². The fraction of sp³-hybridized carbons (Fsp3) is 0.278. The van der Waals surface area contributed by atoms with Crippen LogP contribution in [0.5, 0.6) is 5.75 Å². The van der Waals surface area contributed by atoms with E-state index in [-0.39, 0.29) is 17.7 Å². The summed E-state index contributed by atoms with van der Waals surface area (Å²) in [4.78, 5) is 29.7. The van der Waals surface area contributed by atoms with Crippen LogP contribution in [-0.4, -0.2) is 29.0 Å². The van der Waals surface area contributed by atoms with Crippen molar-refractivity contribution in [1.82, 2.24) is 9.97 Å². The number of hydrogen-bond acceptors (Lipinski definition) is 5. The fourth-order valence-corrected chi connectivity index (χ4v) is 1.92. The van der Waals surface area contributed by atoms with Crippen molar-refractivity contribution in [3.8, 4) is 17.6 Å². The lowest BCUT2D eigenvalue weighted by Gasteiger charge is -2.03. The molecule has 2 rings (SSSR count). The standard InChI is InChI=1S/C18H20N4O3/c1-2-3-10-20-18-21-12-14(17(24)22-18)5-4-11-25-15-8-6-13(7-9-15)16(19)23/h6-9,12H,2-3,10-11H2,1H3,(H2,19,23)(H2,20,21,22,24). The molecule has 0 fully saturated rings. The van der Waals surface area contributed by atoms with Gasteiger partial charge in [-0.2, -0.15) is 0 Å². The number of anilines is 1. The van der Waals surface area contributed by atoms with Crippen LogP contribution in [0.4, 0.5) is 5.95 Å². The first-order chi connectivity index (χ1) is 12.1. The smallest absolute Gasteiger partial charge is 0.268 e. The zero-order chi connectivity index (χ0) is 18.1. The van der Waals surface area contributed by atoms with Gasteiger partial charge in [0.15, 0.2) is 0 Å². The number of carbonyl (C=O) groups excluding carboxylic acids is 1. The van der Waals surface area contributed by atoms with E-state index in [1.165, 1.54) is 6.20 Å². The van der Waals surface area contributed by atoms with Crippen molar-refractivity contribution in [2.75, 3.05) is 18.5 Å². The van der Waals surface area contributed by atoms with Gasteiger partial charge in [-0.3, -0.25) is 14.6 Å². The van der Waals surface area contributed by atoms with Crippen LogP contribution in [0.25, 0.3) is 0 Å². The molecule has 0 saturated carbocycles. The second kappa shape index (κ2) is 9.13. The second-order valence-corrected chi connectivity index (χ2v) is 5.23. The Labute approximate surface area is 145 Å². The van der Waals surface area contributed by atoms with Crippen LogP contribution in [0.15, 0.2) is 35.3 Å². The summed E-state index contributed by atoms with van der Waals surface area (Å²) >= 11 is 0. The molecule has 0 unspecified atom stereocenters. The number of H-pyrrole nitrogens is 1. The van der Waals surface area contributed by atoms with E-state index in [1.54, 1.807) is 24.3 Å². The predicted octanol–water partition coefficient (Wildman–Crippen LogP) is 1.51. The topological polar surface area (TPSA) is 110 Å². The van der Waals surface area contributed by atoms with Crippen LogP contribution in [0.2, 0.25) is 0 Å². The number of nitrogens with two attached hydrogens (primary N) is 1. The van der Waals surface area contributed by atoms with Gasteiger partial charge in [0.1, 0.15) is 17.9 Å². The first-order valence-corrected chi connectivity index (χ1v) is 7.95. The molecule has 1 amide bonds. The highest BCUT2D eigenvalue weighted by molar-refractivity contribution is 5.92. The minimum Gasteiger partial charge on any atom is -0.481 e. The summed E-state index contributed by atoms with van der Waals surface area (Å²) in [6.07, 6.45) is 3.50. The monoisotopic (exact) mass is 340 g/mol. The molecule has 2 aromatic rings.